The molecule has 2 aromatic rings. The Hall–Kier alpha value is -1.78. The number of likely N-dealkylation sites (tertiary alicyclic amines) is 1. The van der Waals surface area contributed by atoms with E-state index in [2.05, 4.69) is 19.0 Å². The molecule has 4 nitrogen and oxygen atoms in total. The standard InChI is InChI=1S/C18H21ClN2O2/c1-20(2)15-9-11-21(12-10-15)18(22)17-8-7-16(23-17)13-3-5-14(19)6-4-13/h3-8,15H,9-12H2,1-2H3. The molecular formula is C18H21ClN2O2. The number of amides is 1. The van der Waals surface area contributed by atoms with Crippen LogP contribution in [-0.2, 0) is 0 Å². The van der Waals surface area contributed by atoms with Crippen molar-refractivity contribution in [1.29, 1.82) is 0 Å². The zero-order chi connectivity index (χ0) is 16.4. The van der Waals surface area contributed by atoms with Crippen molar-refractivity contribution < 1.29 is 9.21 Å². The summed E-state index contributed by atoms with van der Waals surface area (Å²) in [5.74, 6) is 1.06. The summed E-state index contributed by atoms with van der Waals surface area (Å²) in [5, 5.41) is 0.681. The third kappa shape index (κ3) is 3.59. The van der Waals surface area contributed by atoms with Crippen LogP contribution >= 0.6 is 11.6 Å². The second-order valence-electron chi connectivity index (χ2n) is 6.16. The van der Waals surface area contributed by atoms with Gasteiger partial charge in [-0.1, -0.05) is 11.6 Å². The highest BCUT2D eigenvalue weighted by Crippen LogP contribution is 2.25. The van der Waals surface area contributed by atoms with Crippen LogP contribution in [0.5, 0.6) is 0 Å². The van der Waals surface area contributed by atoms with Gasteiger partial charge >= 0.3 is 0 Å². The maximum Gasteiger partial charge on any atom is 0.289 e. The van der Waals surface area contributed by atoms with E-state index in [4.69, 9.17) is 16.0 Å². The van der Waals surface area contributed by atoms with Gasteiger partial charge in [0, 0.05) is 29.7 Å². The highest BCUT2D eigenvalue weighted by Gasteiger charge is 2.26. The van der Waals surface area contributed by atoms with E-state index in [9.17, 15) is 4.79 Å². The zero-order valence-corrected chi connectivity index (χ0v) is 14.2. The fourth-order valence-electron chi connectivity index (χ4n) is 2.96. The molecule has 1 aromatic heterocycles. The molecule has 2 heterocycles. The predicted octanol–water partition coefficient (Wildman–Crippen LogP) is 3.77. The molecule has 1 aromatic carbocycles. The normalized spacial score (nSPS) is 16.1. The number of carbonyl (C=O) groups excluding carboxylic acids is 1. The van der Waals surface area contributed by atoms with Gasteiger partial charge in [-0.2, -0.15) is 0 Å². The van der Waals surface area contributed by atoms with E-state index >= 15 is 0 Å². The van der Waals surface area contributed by atoms with E-state index in [1.165, 1.54) is 0 Å². The molecule has 0 radical (unpaired) electrons. The van der Waals surface area contributed by atoms with Crippen LogP contribution in [0.2, 0.25) is 5.02 Å². The molecule has 0 unspecified atom stereocenters. The summed E-state index contributed by atoms with van der Waals surface area (Å²) < 4.78 is 5.75. The van der Waals surface area contributed by atoms with Gasteiger partial charge in [-0.05, 0) is 63.3 Å². The summed E-state index contributed by atoms with van der Waals surface area (Å²) in [4.78, 5) is 16.7. The number of carbonyl (C=O) groups is 1. The summed E-state index contributed by atoms with van der Waals surface area (Å²) in [6.07, 6.45) is 2.01. The van der Waals surface area contributed by atoms with E-state index in [1.54, 1.807) is 6.07 Å². The number of hydrogen-bond donors (Lipinski definition) is 0. The quantitative estimate of drug-likeness (QED) is 0.858. The molecule has 1 aliphatic rings. The van der Waals surface area contributed by atoms with Crippen molar-refractivity contribution in [3.63, 3.8) is 0 Å². The number of piperidine rings is 1. The summed E-state index contributed by atoms with van der Waals surface area (Å²) in [5.41, 5.74) is 0.916. The van der Waals surface area contributed by atoms with Gasteiger partial charge in [0.15, 0.2) is 5.76 Å². The second kappa shape index (κ2) is 6.77. The summed E-state index contributed by atoms with van der Waals surface area (Å²) in [6.45, 7) is 1.55. The van der Waals surface area contributed by atoms with Crippen molar-refractivity contribution in [2.24, 2.45) is 0 Å². The maximum absolute atomic E-state index is 12.6. The second-order valence-corrected chi connectivity index (χ2v) is 6.59. The Morgan fingerprint density at radius 2 is 1.78 bits per heavy atom. The Morgan fingerprint density at radius 3 is 2.39 bits per heavy atom. The fraction of sp³-hybridized carbons (Fsp3) is 0.389. The molecule has 0 saturated carbocycles. The predicted molar refractivity (Wildman–Crippen MR) is 91.8 cm³/mol. The smallest absolute Gasteiger partial charge is 0.289 e. The highest BCUT2D eigenvalue weighted by molar-refractivity contribution is 6.30. The lowest BCUT2D eigenvalue weighted by Crippen LogP contribution is -2.44. The van der Waals surface area contributed by atoms with Gasteiger partial charge in [0.05, 0.1) is 0 Å². The fourth-order valence-corrected chi connectivity index (χ4v) is 3.09. The van der Waals surface area contributed by atoms with Gasteiger partial charge in [0.1, 0.15) is 5.76 Å². The monoisotopic (exact) mass is 332 g/mol. The van der Waals surface area contributed by atoms with Crippen LogP contribution in [0.4, 0.5) is 0 Å². The average molecular weight is 333 g/mol. The maximum atomic E-state index is 12.6. The average Bonchev–Trinajstić information content (AvgIpc) is 3.05. The lowest BCUT2D eigenvalue weighted by Gasteiger charge is -2.34. The van der Waals surface area contributed by atoms with Crippen LogP contribution in [0.1, 0.15) is 23.4 Å². The van der Waals surface area contributed by atoms with Gasteiger partial charge in [-0.15, -0.1) is 0 Å². The van der Waals surface area contributed by atoms with Crippen molar-refractivity contribution in [3.05, 3.63) is 47.2 Å². The number of halogens is 1. The first kappa shape index (κ1) is 16.1. The van der Waals surface area contributed by atoms with E-state index in [0.717, 1.165) is 31.5 Å². The molecule has 0 aliphatic carbocycles. The van der Waals surface area contributed by atoms with Gasteiger partial charge in [-0.25, -0.2) is 0 Å². The Kier molecular flexibility index (Phi) is 4.74. The molecule has 3 rings (SSSR count). The first-order valence-electron chi connectivity index (χ1n) is 7.86. The van der Waals surface area contributed by atoms with Crippen LogP contribution in [0.25, 0.3) is 11.3 Å². The van der Waals surface area contributed by atoms with E-state index in [0.29, 0.717) is 22.6 Å². The minimum absolute atomic E-state index is 0.0255. The molecule has 0 N–H and O–H groups in total. The molecule has 1 aliphatic heterocycles. The molecule has 0 bridgehead atoms. The van der Waals surface area contributed by atoms with Crippen molar-refractivity contribution >= 4 is 17.5 Å². The third-order valence-electron chi connectivity index (χ3n) is 4.43. The molecule has 23 heavy (non-hydrogen) atoms. The van der Waals surface area contributed by atoms with Crippen molar-refractivity contribution in [3.8, 4) is 11.3 Å². The van der Waals surface area contributed by atoms with Crippen molar-refractivity contribution in [1.82, 2.24) is 9.80 Å². The van der Waals surface area contributed by atoms with Gasteiger partial charge in [-0.3, -0.25) is 4.79 Å². The van der Waals surface area contributed by atoms with E-state index in [1.807, 2.05) is 35.2 Å². The molecule has 1 fully saturated rings. The Morgan fingerprint density at radius 1 is 1.13 bits per heavy atom. The van der Waals surface area contributed by atoms with Crippen LogP contribution in [0.15, 0.2) is 40.8 Å². The first-order valence-corrected chi connectivity index (χ1v) is 8.24. The lowest BCUT2D eigenvalue weighted by atomic mass is 10.0. The third-order valence-corrected chi connectivity index (χ3v) is 4.68. The van der Waals surface area contributed by atoms with Gasteiger partial charge in [0.2, 0.25) is 0 Å². The van der Waals surface area contributed by atoms with Gasteiger partial charge < -0.3 is 14.2 Å². The summed E-state index contributed by atoms with van der Waals surface area (Å²) in [7, 11) is 4.18. The first-order chi connectivity index (χ1) is 11.0. The van der Waals surface area contributed by atoms with Crippen LogP contribution < -0.4 is 0 Å². The SMILES string of the molecule is CN(C)C1CCN(C(=O)c2ccc(-c3ccc(Cl)cc3)o2)CC1. The molecule has 5 heteroatoms. The number of benzene rings is 1. The lowest BCUT2D eigenvalue weighted by molar-refractivity contribution is 0.0633. The van der Waals surface area contributed by atoms with E-state index < -0.39 is 0 Å². The van der Waals surface area contributed by atoms with Crippen LogP contribution in [-0.4, -0.2) is 48.9 Å². The minimum Gasteiger partial charge on any atom is -0.451 e. The Labute approximate surface area is 141 Å². The topological polar surface area (TPSA) is 36.7 Å². The number of nitrogens with zero attached hydrogens (tertiary/aromatic N) is 2. The zero-order valence-electron chi connectivity index (χ0n) is 13.5. The number of furan rings is 1. The molecule has 0 spiro atoms. The van der Waals surface area contributed by atoms with Crippen LogP contribution in [0.3, 0.4) is 0 Å². The molecule has 1 amide bonds. The van der Waals surface area contributed by atoms with Crippen molar-refractivity contribution in [2.75, 3.05) is 27.2 Å². The molecule has 0 atom stereocenters. The summed E-state index contributed by atoms with van der Waals surface area (Å²) >= 11 is 5.90. The minimum atomic E-state index is -0.0255. The Balaban J connectivity index is 1.68. The molecule has 122 valence electrons. The number of rotatable bonds is 3. The largest absolute Gasteiger partial charge is 0.451 e. The van der Waals surface area contributed by atoms with Gasteiger partial charge in [0.25, 0.3) is 5.91 Å². The van der Waals surface area contributed by atoms with Crippen molar-refractivity contribution in [2.45, 2.75) is 18.9 Å². The number of hydrogen-bond acceptors (Lipinski definition) is 3. The highest BCUT2D eigenvalue weighted by atomic mass is 35.5. The molecule has 1 saturated heterocycles. The van der Waals surface area contributed by atoms with Crippen LogP contribution in [0, 0.1) is 0 Å². The Bertz CT molecular complexity index is 671. The summed E-state index contributed by atoms with van der Waals surface area (Å²) in [6, 6.07) is 11.5. The molecular weight excluding hydrogens is 312 g/mol. The van der Waals surface area contributed by atoms with E-state index in [-0.39, 0.29) is 5.91 Å².